The Morgan fingerprint density at radius 3 is 2.12 bits per heavy atom. The van der Waals surface area contributed by atoms with E-state index >= 15 is 0 Å². The van der Waals surface area contributed by atoms with Gasteiger partial charge >= 0.3 is 5.97 Å². The maximum absolute atomic E-state index is 12.6. The van der Waals surface area contributed by atoms with E-state index in [0.29, 0.717) is 17.6 Å². The van der Waals surface area contributed by atoms with Crippen LogP contribution in [0.25, 0.3) is 0 Å². The molecule has 32 heavy (non-hydrogen) atoms. The molecule has 3 nitrogen and oxygen atoms in total. The molecule has 3 aliphatic rings. The van der Waals surface area contributed by atoms with Crippen LogP contribution in [0.5, 0.6) is 0 Å². The van der Waals surface area contributed by atoms with Gasteiger partial charge in [0.15, 0.2) is 0 Å². The van der Waals surface area contributed by atoms with Gasteiger partial charge in [-0.3, -0.25) is 0 Å². The molecule has 0 aromatic heterocycles. The molecule has 2 aliphatic heterocycles. The van der Waals surface area contributed by atoms with Crippen molar-refractivity contribution in [3.05, 3.63) is 70.8 Å². The Balaban J connectivity index is 1.22. The van der Waals surface area contributed by atoms with Gasteiger partial charge in [0.1, 0.15) is 12.6 Å². The van der Waals surface area contributed by atoms with Crippen molar-refractivity contribution in [2.24, 2.45) is 0 Å². The number of carbonyl (C=O) groups is 1. The minimum absolute atomic E-state index is 0.0566. The zero-order valence-electron chi connectivity index (χ0n) is 19.8. The van der Waals surface area contributed by atoms with Gasteiger partial charge in [-0.25, -0.2) is 4.79 Å². The second-order valence-corrected chi connectivity index (χ2v) is 10.8. The summed E-state index contributed by atoms with van der Waals surface area (Å²) in [5.41, 5.74) is 4.83. The number of hydrogen-bond donors (Lipinski definition) is 0. The normalized spacial score (nSPS) is 30.2. The quantitative estimate of drug-likeness (QED) is 0.396. The first kappa shape index (κ1) is 21.7. The van der Waals surface area contributed by atoms with Crippen LogP contribution < -0.4 is 0 Å². The van der Waals surface area contributed by atoms with Crippen LogP contribution in [-0.2, 0) is 11.3 Å². The first-order chi connectivity index (χ1) is 15.5. The molecule has 0 amide bonds. The van der Waals surface area contributed by atoms with Gasteiger partial charge in [0.05, 0.1) is 24.7 Å². The molecule has 2 atom stereocenters. The topological polar surface area (TPSA) is 26.3 Å². The Morgan fingerprint density at radius 1 is 0.875 bits per heavy atom. The van der Waals surface area contributed by atoms with Crippen LogP contribution in [0.3, 0.4) is 0 Å². The average molecular weight is 433 g/mol. The number of benzene rings is 2. The number of fused-ring (bicyclic) bond motifs is 2. The van der Waals surface area contributed by atoms with Gasteiger partial charge in [0.25, 0.3) is 0 Å². The van der Waals surface area contributed by atoms with Crippen molar-refractivity contribution in [1.82, 2.24) is 0 Å². The Bertz CT molecular complexity index is 913. The van der Waals surface area contributed by atoms with Crippen molar-refractivity contribution in [3.8, 4) is 0 Å². The van der Waals surface area contributed by atoms with E-state index in [-0.39, 0.29) is 12.1 Å². The monoisotopic (exact) mass is 432 g/mol. The second-order valence-electron chi connectivity index (χ2n) is 10.8. The molecule has 170 valence electrons. The largest absolute Gasteiger partial charge is 0.458 e. The van der Waals surface area contributed by atoms with Gasteiger partial charge in [-0.15, -0.1) is 0 Å². The van der Waals surface area contributed by atoms with E-state index in [1.165, 1.54) is 50.5 Å². The molecule has 2 saturated heterocycles. The number of quaternary nitrogens is 1. The molecule has 5 rings (SSSR count). The molecule has 3 fully saturated rings. The zero-order valence-corrected chi connectivity index (χ0v) is 19.8. The van der Waals surface area contributed by atoms with Gasteiger partial charge < -0.3 is 9.22 Å². The first-order valence-electron chi connectivity index (χ1n) is 12.7. The average Bonchev–Trinajstić information content (AvgIpc) is 2.97. The number of aryl methyl sites for hydroxylation is 1. The van der Waals surface area contributed by atoms with Crippen LogP contribution >= 0.6 is 0 Å². The summed E-state index contributed by atoms with van der Waals surface area (Å²) in [5.74, 6) is 0.613. The Kier molecular flexibility index (Phi) is 6.11. The lowest BCUT2D eigenvalue weighted by Crippen LogP contribution is -2.58. The third-order valence-electron chi connectivity index (χ3n) is 8.71. The molecule has 1 aliphatic carbocycles. The first-order valence-corrected chi connectivity index (χ1v) is 12.7. The smallest absolute Gasteiger partial charge is 0.338 e. The third-order valence-corrected chi connectivity index (χ3v) is 8.71. The molecule has 2 aromatic rings. The Hall–Kier alpha value is -2.13. The van der Waals surface area contributed by atoms with E-state index in [9.17, 15) is 4.79 Å². The minimum Gasteiger partial charge on any atom is -0.458 e. The van der Waals surface area contributed by atoms with Crippen molar-refractivity contribution >= 4 is 5.97 Å². The summed E-state index contributed by atoms with van der Waals surface area (Å²) >= 11 is 0. The summed E-state index contributed by atoms with van der Waals surface area (Å²) in [4.78, 5) is 12.6. The van der Waals surface area contributed by atoms with Gasteiger partial charge in [-0.05, 0) is 43.4 Å². The van der Waals surface area contributed by atoms with E-state index in [2.05, 4.69) is 31.3 Å². The summed E-state index contributed by atoms with van der Waals surface area (Å²) in [6.45, 7) is 3.13. The molecule has 0 radical (unpaired) electrons. The summed E-state index contributed by atoms with van der Waals surface area (Å²) in [6, 6.07) is 18.5. The van der Waals surface area contributed by atoms with E-state index < -0.39 is 0 Å². The van der Waals surface area contributed by atoms with E-state index in [0.717, 1.165) is 35.4 Å². The number of piperidine rings is 1. The highest BCUT2D eigenvalue weighted by Gasteiger charge is 2.52. The molecule has 2 aromatic carbocycles. The molecule has 2 unspecified atom stereocenters. The molecule has 0 spiro atoms. The van der Waals surface area contributed by atoms with Crippen molar-refractivity contribution in [2.75, 3.05) is 7.05 Å². The predicted octanol–water partition coefficient (Wildman–Crippen LogP) is 6.54. The summed E-state index contributed by atoms with van der Waals surface area (Å²) in [6.07, 6.45) is 11.5. The summed E-state index contributed by atoms with van der Waals surface area (Å²) in [5, 5.41) is 0. The highest BCUT2D eigenvalue weighted by atomic mass is 16.5. The predicted molar refractivity (Wildman–Crippen MR) is 129 cm³/mol. The fourth-order valence-corrected chi connectivity index (χ4v) is 6.68. The lowest BCUT2D eigenvalue weighted by molar-refractivity contribution is -0.961. The summed E-state index contributed by atoms with van der Waals surface area (Å²) in [7, 11) is 2.44. The highest BCUT2D eigenvalue weighted by Crippen LogP contribution is 2.44. The van der Waals surface area contributed by atoms with E-state index in [1.54, 1.807) is 5.56 Å². The number of rotatable bonds is 5. The lowest BCUT2D eigenvalue weighted by Gasteiger charge is -2.47. The number of hydrogen-bond acceptors (Lipinski definition) is 2. The molecule has 1 saturated carbocycles. The van der Waals surface area contributed by atoms with Crippen LogP contribution in [0.1, 0.15) is 90.8 Å². The lowest BCUT2D eigenvalue weighted by atomic mass is 9.84. The van der Waals surface area contributed by atoms with Crippen molar-refractivity contribution in [2.45, 2.75) is 95.4 Å². The van der Waals surface area contributed by atoms with Gasteiger partial charge in [-0.2, -0.15) is 0 Å². The van der Waals surface area contributed by atoms with Crippen LogP contribution in [0.2, 0.25) is 0 Å². The number of carbonyl (C=O) groups excluding carboxylic acids is 1. The number of esters is 1. The third kappa shape index (κ3) is 4.37. The fourth-order valence-electron chi connectivity index (χ4n) is 6.68. The second kappa shape index (κ2) is 9.02. The van der Waals surface area contributed by atoms with Crippen molar-refractivity contribution < 1.29 is 14.0 Å². The molecule has 3 heteroatoms. The number of ether oxygens (including phenoxy) is 1. The maximum atomic E-state index is 12.6. The van der Waals surface area contributed by atoms with Crippen molar-refractivity contribution in [1.29, 1.82) is 0 Å². The zero-order chi connectivity index (χ0) is 22.1. The Labute approximate surface area is 193 Å². The summed E-state index contributed by atoms with van der Waals surface area (Å²) < 4.78 is 7.09. The van der Waals surface area contributed by atoms with Crippen LogP contribution in [0.15, 0.2) is 48.5 Å². The minimum atomic E-state index is -0.163. The fraction of sp³-hybridized carbons (Fsp3) is 0.552. The van der Waals surface area contributed by atoms with E-state index in [1.807, 2.05) is 31.2 Å². The van der Waals surface area contributed by atoms with E-state index in [4.69, 9.17) is 4.74 Å². The van der Waals surface area contributed by atoms with Crippen LogP contribution in [0, 0.1) is 6.92 Å². The van der Waals surface area contributed by atoms with Crippen LogP contribution in [-0.4, -0.2) is 35.7 Å². The van der Waals surface area contributed by atoms with Gasteiger partial charge in [0, 0.05) is 31.2 Å². The molecule has 2 heterocycles. The number of nitrogens with zero attached hydrogens (tertiary/aromatic N) is 1. The Morgan fingerprint density at radius 2 is 1.50 bits per heavy atom. The molecule has 0 N–H and O–H groups in total. The van der Waals surface area contributed by atoms with Crippen molar-refractivity contribution in [3.63, 3.8) is 0 Å². The molecule has 2 bridgehead atoms. The maximum Gasteiger partial charge on any atom is 0.338 e. The van der Waals surface area contributed by atoms with Gasteiger partial charge in [0.2, 0.25) is 0 Å². The highest BCUT2D eigenvalue weighted by molar-refractivity contribution is 5.89. The standard InChI is InChI=1S/C29H38NO2/c1-21-8-12-25(13-9-21)29(31)32-28-18-26-16-17-27(19-28)30(26,2)20-22-10-14-24(15-11-22)23-6-4-3-5-7-23/h8-15,23,26-28H,3-7,16-20H2,1-2H3/q+1. The molecular formula is C29H38NO2+. The van der Waals surface area contributed by atoms with Gasteiger partial charge in [-0.1, -0.05) is 61.2 Å². The molecular weight excluding hydrogens is 394 g/mol. The van der Waals surface area contributed by atoms with Crippen LogP contribution in [0.4, 0.5) is 0 Å². The SMILES string of the molecule is Cc1ccc(C(=O)OC2CC3CCC(C2)[N+]3(C)Cc2ccc(C3CCCCC3)cc2)cc1.